The first kappa shape index (κ1) is 9.70. The van der Waals surface area contributed by atoms with Crippen LogP contribution in [0.15, 0.2) is 15.9 Å². The molecular formula is C7H8BrNO2S. The first-order valence-electron chi connectivity index (χ1n) is 3.24. The molecule has 0 aliphatic heterocycles. The van der Waals surface area contributed by atoms with E-state index in [4.69, 9.17) is 5.73 Å². The molecule has 1 aromatic heterocycles. The van der Waals surface area contributed by atoms with Crippen LogP contribution in [0.25, 0.3) is 0 Å². The van der Waals surface area contributed by atoms with Crippen molar-refractivity contribution >= 4 is 33.2 Å². The number of carbonyl (C=O) groups is 1. The molecule has 1 heterocycles. The Morgan fingerprint density at radius 1 is 1.75 bits per heavy atom. The molecule has 2 N–H and O–H groups in total. The number of hydrogen-bond acceptors (Lipinski definition) is 4. The summed E-state index contributed by atoms with van der Waals surface area (Å²) in [6.45, 7) is 0. The molecule has 0 aliphatic rings. The van der Waals surface area contributed by atoms with Crippen LogP contribution >= 0.6 is 27.3 Å². The lowest BCUT2D eigenvalue weighted by Crippen LogP contribution is -2.21. The molecule has 0 fully saturated rings. The van der Waals surface area contributed by atoms with Crippen LogP contribution in [0.1, 0.15) is 10.9 Å². The van der Waals surface area contributed by atoms with Crippen LogP contribution in [0.4, 0.5) is 0 Å². The van der Waals surface area contributed by atoms with Crippen molar-refractivity contribution in [3.63, 3.8) is 0 Å². The number of methoxy groups -OCH3 is 1. The lowest BCUT2D eigenvalue weighted by molar-refractivity contribution is -0.142. The van der Waals surface area contributed by atoms with Gasteiger partial charge in [-0.2, -0.15) is 0 Å². The number of ether oxygens (including phenoxy) is 1. The maximum absolute atomic E-state index is 11.0. The van der Waals surface area contributed by atoms with Crippen molar-refractivity contribution in [2.45, 2.75) is 6.04 Å². The summed E-state index contributed by atoms with van der Waals surface area (Å²) < 4.78 is 5.46. The second kappa shape index (κ2) is 4.02. The standard InChI is InChI=1S/C7H8BrNO2S/c1-11-7(10)6(9)4-2-3-5(8)12-4/h2-3,6H,9H2,1H3/t6-/m0/s1. The zero-order chi connectivity index (χ0) is 9.14. The van der Waals surface area contributed by atoms with Gasteiger partial charge >= 0.3 is 5.97 Å². The lowest BCUT2D eigenvalue weighted by atomic mass is 10.3. The highest BCUT2D eigenvalue weighted by Crippen LogP contribution is 2.26. The summed E-state index contributed by atoms with van der Waals surface area (Å²) in [5.41, 5.74) is 5.58. The van der Waals surface area contributed by atoms with Gasteiger partial charge in [0.1, 0.15) is 6.04 Å². The summed E-state index contributed by atoms with van der Waals surface area (Å²) in [5.74, 6) is -0.413. The first-order valence-corrected chi connectivity index (χ1v) is 4.84. The van der Waals surface area contributed by atoms with Crippen LogP contribution in [0.3, 0.4) is 0 Å². The summed E-state index contributed by atoms with van der Waals surface area (Å²) in [6.07, 6.45) is 0. The van der Waals surface area contributed by atoms with Gasteiger partial charge in [-0.05, 0) is 28.1 Å². The van der Waals surface area contributed by atoms with Crippen molar-refractivity contribution in [1.29, 1.82) is 0 Å². The van der Waals surface area contributed by atoms with E-state index < -0.39 is 12.0 Å². The molecular weight excluding hydrogens is 242 g/mol. The molecule has 0 aliphatic carbocycles. The van der Waals surface area contributed by atoms with Crippen molar-refractivity contribution in [2.75, 3.05) is 7.11 Å². The normalized spacial score (nSPS) is 12.6. The predicted molar refractivity (Wildman–Crippen MR) is 51.0 cm³/mol. The van der Waals surface area contributed by atoms with Crippen LogP contribution in [0, 0.1) is 0 Å². The maximum atomic E-state index is 11.0. The zero-order valence-electron chi connectivity index (χ0n) is 6.41. The van der Waals surface area contributed by atoms with Crippen molar-refractivity contribution < 1.29 is 9.53 Å². The Morgan fingerprint density at radius 3 is 2.83 bits per heavy atom. The highest BCUT2D eigenvalue weighted by molar-refractivity contribution is 9.11. The van der Waals surface area contributed by atoms with Crippen LogP contribution in [-0.2, 0) is 9.53 Å². The van der Waals surface area contributed by atoms with Gasteiger partial charge < -0.3 is 10.5 Å². The molecule has 66 valence electrons. The molecule has 5 heteroatoms. The van der Waals surface area contributed by atoms with Crippen molar-refractivity contribution in [3.05, 3.63) is 20.8 Å². The Morgan fingerprint density at radius 2 is 2.42 bits per heavy atom. The topological polar surface area (TPSA) is 52.3 Å². The van der Waals surface area contributed by atoms with Crippen molar-refractivity contribution in [2.24, 2.45) is 5.73 Å². The highest BCUT2D eigenvalue weighted by Gasteiger charge is 2.17. The van der Waals surface area contributed by atoms with E-state index >= 15 is 0 Å². The molecule has 0 amide bonds. The summed E-state index contributed by atoms with van der Waals surface area (Å²) in [5, 5.41) is 0. The molecule has 1 rings (SSSR count). The van der Waals surface area contributed by atoms with E-state index in [1.165, 1.54) is 18.4 Å². The minimum atomic E-state index is -0.661. The smallest absolute Gasteiger partial charge is 0.328 e. The van der Waals surface area contributed by atoms with Crippen LogP contribution in [0.2, 0.25) is 0 Å². The maximum Gasteiger partial charge on any atom is 0.328 e. The Labute approximate surface area is 82.6 Å². The molecule has 0 unspecified atom stereocenters. The number of hydrogen-bond donors (Lipinski definition) is 1. The second-order valence-electron chi connectivity index (χ2n) is 2.14. The van der Waals surface area contributed by atoms with E-state index in [9.17, 15) is 4.79 Å². The van der Waals surface area contributed by atoms with Gasteiger partial charge in [-0.25, -0.2) is 4.79 Å². The Bertz CT molecular complexity index is 287. The Hall–Kier alpha value is -0.390. The summed E-state index contributed by atoms with van der Waals surface area (Å²) in [6, 6.07) is 2.99. The van der Waals surface area contributed by atoms with Crippen LogP contribution < -0.4 is 5.73 Å². The quantitative estimate of drug-likeness (QED) is 0.812. The largest absolute Gasteiger partial charge is 0.468 e. The van der Waals surface area contributed by atoms with Gasteiger partial charge in [0.05, 0.1) is 10.9 Å². The van der Waals surface area contributed by atoms with Gasteiger partial charge in [0.2, 0.25) is 0 Å². The minimum absolute atomic E-state index is 0.413. The summed E-state index contributed by atoms with van der Waals surface area (Å²) in [4.78, 5) is 11.8. The number of thiophene rings is 1. The number of nitrogens with two attached hydrogens (primary N) is 1. The number of rotatable bonds is 2. The SMILES string of the molecule is COC(=O)[C@@H](N)c1ccc(Br)s1. The average Bonchev–Trinajstić information content (AvgIpc) is 2.49. The fraction of sp³-hybridized carbons (Fsp3) is 0.286. The molecule has 0 radical (unpaired) electrons. The molecule has 0 saturated carbocycles. The summed E-state index contributed by atoms with van der Waals surface area (Å²) >= 11 is 4.71. The molecule has 1 atom stereocenters. The van der Waals surface area contributed by atoms with E-state index in [0.717, 1.165) is 8.66 Å². The zero-order valence-corrected chi connectivity index (χ0v) is 8.81. The summed E-state index contributed by atoms with van der Waals surface area (Å²) in [7, 11) is 1.32. The van der Waals surface area contributed by atoms with Gasteiger partial charge in [0.25, 0.3) is 0 Å². The van der Waals surface area contributed by atoms with E-state index in [1.807, 2.05) is 6.07 Å². The number of carbonyl (C=O) groups excluding carboxylic acids is 1. The second-order valence-corrected chi connectivity index (χ2v) is 4.64. The number of halogens is 1. The van der Waals surface area contributed by atoms with Gasteiger partial charge in [0, 0.05) is 4.88 Å². The van der Waals surface area contributed by atoms with Gasteiger partial charge in [-0.3, -0.25) is 0 Å². The monoisotopic (exact) mass is 249 g/mol. The molecule has 0 aromatic carbocycles. The first-order chi connectivity index (χ1) is 5.65. The molecule has 1 aromatic rings. The van der Waals surface area contributed by atoms with Crippen LogP contribution in [-0.4, -0.2) is 13.1 Å². The van der Waals surface area contributed by atoms with Crippen molar-refractivity contribution in [1.82, 2.24) is 0 Å². The van der Waals surface area contributed by atoms with Gasteiger partial charge in [-0.15, -0.1) is 11.3 Å². The van der Waals surface area contributed by atoms with Gasteiger partial charge in [0.15, 0.2) is 0 Å². The third-order valence-electron chi connectivity index (χ3n) is 1.36. The molecule has 3 nitrogen and oxygen atoms in total. The van der Waals surface area contributed by atoms with E-state index in [2.05, 4.69) is 20.7 Å². The van der Waals surface area contributed by atoms with Gasteiger partial charge in [-0.1, -0.05) is 0 Å². The third kappa shape index (κ3) is 2.06. The molecule has 12 heavy (non-hydrogen) atoms. The third-order valence-corrected chi connectivity index (χ3v) is 3.06. The Balaban J connectivity index is 2.77. The molecule has 0 saturated heterocycles. The van der Waals surface area contributed by atoms with E-state index in [1.54, 1.807) is 6.07 Å². The fourth-order valence-corrected chi connectivity index (χ4v) is 2.15. The average molecular weight is 250 g/mol. The Kier molecular flexibility index (Phi) is 3.25. The molecule has 0 spiro atoms. The van der Waals surface area contributed by atoms with E-state index in [-0.39, 0.29) is 0 Å². The minimum Gasteiger partial charge on any atom is -0.468 e. The molecule has 0 bridgehead atoms. The fourth-order valence-electron chi connectivity index (χ4n) is 0.739. The van der Waals surface area contributed by atoms with E-state index in [0.29, 0.717) is 0 Å². The highest BCUT2D eigenvalue weighted by atomic mass is 79.9. The predicted octanol–water partition coefficient (Wildman–Crippen LogP) is 1.68. The van der Waals surface area contributed by atoms with Crippen molar-refractivity contribution in [3.8, 4) is 0 Å². The van der Waals surface area contributed by atoms with Crippen LogP contribution in [0.5, 0.6) is 0 Å². The number of esters is 1. The lowest BCUT2D eigenvalue weighted by Gasteiger charge is -2.05.